The maximum Gasteiger partial charge on any atom is 0.293 e. The van der Waals surface area contributed by atoms with E-state index in [2.05, 4.69) is 43.1 Å². The van der Waals surface area contributed by atoms with Crippen molar-refractivity contribution in [3.8, 4) is 0 Å². The minimum atomic E-state index is -0.362. The summed E-state index contributed by atoms with van der Waals surface area (Å²) in [5.74, 6) is -0.213. The van der Waals surface area contributed by atoms with Crippen molar-refractivity contribution in [2.24, 2.45) is 0 Å². The fourth-order valence-corrected chi connectivity index (χ4v) is 1.78. The largest absolute Gasteiger partial charge is 0.366 e. The standard InChI is InChI=1S/C10H10IN5O/c1-5-2-3-6(11)4-7(5)13-9(17)8-14-10(12)16-15-8/h2-4H,1H3,(H,13,17)(H3,12,14,15,16). The van der Waals surface area contributed by atoms with Gasteiger partial charge in [-0.2, -0.15) is 4.98 Å². The van der Waals surface area contributed by atoms with Crippen LogP contribution in [0.25, 0.3) is 0 Å². The summed E-state index contributed by atoms with van der Waals surface area (Å²) in [6.07, 6.45) is 0. The molecule has 2 rings (SSSR count). The van der Waals surface area contributed by atoms with Crippen LogP contribution in [0.1, 0.15) is 16.2 Å². The van der Waals surface area contributed by atoms with Crippen LogP contribution in [0.15, 0.2) is 18.2 Å². The number of aromatic nitrogens is 3. The van der Waals surface area contributed by atoms with E-state index in [1.807, 2.05) is 25.1 Å². The normalized spacial score (nSPS) is 10.2. The van der Waals surface area contributed by atoms with E-state index in [1.165, 1.54) is 0 Å². The number of nitrogens with one attached hydrogen (secondary N) is 2. The fourth-order valence-electron chi connectivity index (χ4n) is 1.29. The second kappa shape index (κ2) is 4.70. The quantitative estimate of drug-likeness (QED) is 0.721. The van der Waals surface area contributed by atoms with Gasteiger partial charge in [0.2, 0.25) is 11.8 Å². The smallest absolute Gasteiger partial charge is 0.293 e. The lowest BCUT2D eigenvalue weighted by Crippen LogP contribution is -2.14. The Morgan fingerprint density at radius 2 is 2.29 bits per heavy atom. The van der Waals surface area contributed by atoms with E-state index in [9.17, 15) is 4.79 Å². The Kier molecular flexibility index (Phi) is 3.27. The summed E-state index contributed by atoms with van der Waals surface area (Å²) in [5, 5.41) is 8.81. The number of anilines is 2. The monoisotopic (exact) mass is 343 g/mol. The molecule has 6 nitrogen and oxygen atoms in total. The van der Waals surface area contributed by atoms with Gasteiger partial charge in [0, 0.05) is 9.26 Å². The van der Waals surface area contributed by atoms with Crippen LogP contribution in [0.5, 0.6) is 0 Å². The highest BCUT2D eigenvalue weighted by Gasteiger charge is 2.12. The minimum absolute atomic E-state index is 0.0505. The van der Waals surface area contributed by atoms with Crippen molar-refractivity contribution in [1.82, 2.24) is 15.2 Å². The molecular formula is C10H10IN5O. The zero-order valence-electron chi connectivity index (χ0n) is 8.99. The summed E-state index contributed by atoms with van der Waals surface area (Å²) in [4.78, 5) is 15.5. The molecule has 0 bridgehead atoms. The van der Waals surface area contributed by atoms with Gasteiger partial charge in [-0.15, -0.1) is 5.10 Å². The predicted molar refractivity (Wildman–Crippen MR) is 72.6 cm³/mol. The van der Waals surface area contributed by atoms with Gasteiger partial charge < -0.3 is 11.1 Å². The first-order valence-electron chi connectivity index (χ1n) is 4.81. The Bertz CT molecular complexity index is 566. The zero-order valence-corrected chi connectivity index (χ0v) is 11.1. The maximum absolute atomic E-state index is 11.8. The molecule has 0 saturated heterocycles. The lowest BCUT2D eigenvalue weighted by atomic mass is 10.2. The lowest BCUT2D eigenvalue weighted by Gasteiger charge is -2.06. The summed E-state index contributed by atoms with van der Waals surface area (Å²) in [7, 11) is 0. The lowest BCUT2D eigenvalue weighted by molar-refractivity contribution is 0.101. The van der Waals surface area contributed by atoms with E-state index >= 15 is 0 Å². The molecule has 1 heterocycles. The summed E-state index contributed by atoms with van der Waals surface area (Å²) in [5.41, 5.74) is 7.05. The molecule has 0 radical (unpaired) electrons. The van der Waals surface area contributed by atoms with Crippen molar-refractivity contribution in [3.05, 3.63) is 33.2 Å². The molecule has 7 heteroatoms. The average Bonchev–Trinajstić information content (AvgIpc) is 2.70. The molecule has 0 fully saturated rings. The Balaban J connectivity index is 2.21. The first kappa shape index (κ1) is 11.8. The van der Waals surface area contributed by atoms with Crippen LogP contribution in [0, 0.1) is 10.5 Å². The summed E-state index contributed by atoms with van der Waals surface area (Å²) in [6.45, 7) is 1.92. The second-order valence-electron chi connectivity index (χ2n) is 3.46. The number of amides is 1. The van der Waals surface area contributed by atoms with Crippen LogP contribution in [0.4, 0.5) is 11.6 Å². The Hall–Kier alpha value is -1.64. The Morgan fingerprint density at radius 3 is 2.94 bits per heavy atom. The molecule has 1 aromatic heterocycles. The third-order valence-electron chi connectivity index (χ3n) is 2.17. The van der Waals surface area contributed by atoms with Crippen LogP contribution >= 0.6 is 22.6 Å². The van der Waals surface area contributed by atoms with Gasteiger partial charge in [0.1, 0.15) is 0 Å². The average molecular weight is 343 g/mol. The predicted octanol–water partition coefficient (Wildman–Crippen LogP) is 1.55. The van der Waals surface area contributed by atoms with E-state index in [0.717, 1.165) is 14.8 Å². The third kappa shape index (κ3) is 2.73. The highest BCUT2D eigenvalue weighted by atomic mass is 127. The van der Waals surface area contributed by atoms with Crippen LogP contribution < -0.4 is 11.1 Å². The van der Waals surface area contributed by atoms with E-state index in [-0.39, 0.29) is 17.7 Å². The van der Waals surface area contributed by atoms with Gasteiger partial charge in [0.05, 0.1) is 0 Å². The first-order chi connectivity index (χ1) is 8.06. The molecule has 0 aliphatic rings. The molecule has 0 atom stereocenters. The number of hydrogen-bond donors (Lipinski definition) is 3. The summed E-state index contributed by atoms with van der Waals surface area (Å²) < 4.78 is 1.04. The molecular weight excluding hydrogens is 333 g/mol. The van der Waals surface area contributed by atoms with Crippen LogP contribution in [-0.2, 0) is 0 Å². The second-order valence-corrected chi connectivity index (χ2v) is 4.70. The highest BCUT2D eigenvalue weighted by Crippen LogP contribution is 2.18. The Morgan fingerprint density at radius 1 is 1.53 bits per heavy atom. The van der Waals surface area contributed by atoms with Crippen LogP contribution in [-0.4, -0.2) is 21.1 Å². The number of aromatic amines is 1. The molecule has 1 amide bonds. The molecule has 4 N–H and O–H groups in total. The summed E-state index contributed by atoms with van der Waals surface area (Å²) in [6, 6.07) is 5.79. The van der Waals surface area contributed by atoms with Gasteiger partial charge in [-0.1, -0.05) is 6.07 Å². The van der Waals surface area contributed by atoms with Crippen molar-refractivity contribution in [3.63, 3.8) is 0 Å². The van der Waals surface area contributed by atoms with Crippen molar-refractivity contribution in [2.45, 2.75) is 6.92 Å². The number of rotatable bonds is 2. The van der Waals surface area contributed by atoms with Gasteiger partial charge >= 0.3 is 0 Å². The molecule has 0 aliphatic heterocycles. The van der Waals surface area contributed by atoms with Crippen molar-refractivity contribution in [2.75, 3.05) is 11.1 Å². The third-order valence-corrected chi connectivity index (χ3v) is 2.84. The number of halogens is 1. The number of hydrogen-bond acceptors (Lipinski definition) is 4. The van der Waals surface area contributed by atoms with Gasteiger partial charge in [-0.25, -0.2) is 0 Å². The molecule has 0 saturated carbocycles. The molecule has 0 unspecified atom stereocenters. The number of aryl methyl sites for hydroxylation is 1. The van der Waals surface area contributed by atoms with Gasteiger partial charge in [0.25, 0.3) is 5.91 Å². The molecule has 0 spiro atoms. The van der Waals surface area contributed by atoms with Gasteiger partial charge in [-0.05, 0) is 47.2 Å². The topological polar surface area (TPSA) is 96.7 Å². The number of carbonyl (C=O) groups excluding carboxylic acids is 1. The number of nitrogens with zero attached hydrogens (tertiary/aromatic N) is 2. The number of carbonyl (C=O) groups is 1. The van der Waals surface area contributed by atoms with E-state index in [4.69, 9.17) is 5.73 Å². The molecule has 1 aromatic carbocycles. The Labute approximate surface area is 111 Å². The van der Waals surface area contributed by atoms with Crippen LogP contribution in [0.3, 0.4) is 0 Å². The van der Waals surface area contributed by atoms with Crippen molar-refractivity contribution < 1.29 is 4.79 Å². The fraction of sp³-hybridized carbons (Fsp3) is 0.100. The molecule has 0 aliphatic carbocycles. The minimum Gasteiger partial charge on any atom is -0.366 e. The zero-order chi connectivity index (χ0) is 12.4. The maximum atomic E-state index is 11.8. The first-order valence-corrected chi connectivity index (χ1v) is 5.89. The number of nitrogen functional groups attached to an aromatic ring is 1. The number of benzene rings is 1. The molecule has 17 heavy (non-hydrogen) atoms. The van der Waals surface area contributed by atoms with Crippen molar-refractivity contribution >= 4 is 40.1 Å². The van der Waals surface area contributed by atoms with Crippen LogP contribution in [0.2, 0.25) is 0 Å². The number of H-pyrrole nitrogens is 1. The van der Waals surface area contributed by atoms with E-state index in [0.29, 0.717) is 0 Å². The molecule has 2 aromatic rings. The SMILES string of the molecule is Cc1ccc(I)cc1NC(=O)c1nc(N)n[nH]1. The molecule has 88 valence electrons. The van der Waals surface area contributed by atoms with E-state index in [1.54, 1.807) is 0 Å². The highest BCUT2D eigenvalue weighted by molar-refractivity contribution is 14.1. The van der Waals surface area contributed by atoms with Gasteiger partial charge in [0.15, 0.2) is 0 Å². The van der Waals surface area contributed by atoms with E-state index < -0.39 is 0 Å². The van der Waals surface area contributed by atoms with Gasteiger partial charge in [-0.3, -0.25) is 9.89 Å². The summed E-state index contributed by atoms with van der Waals surface area (Å²) >= 11 is 2.18. The van der Waals surface area contributed by atoms with Crippen molar-refractivity contribution in [1.29, 1.82) is 0 Å². The number of nitrogens with two attached hydrogens (primary N) is 1.